The van der Waals surface area contributed by atoms with Crippen molar-refractivity contribution in [1.82, 2.24) is 0 Å². The van der Waals surface area contributed by atoms with E-state index in [1.54, 1.807) is 0 Å². The van der Waals surface area contributed by atoms with E-state index in [-0.39, 0.29) is 29.8 Å². The monoisotopic (exact) mass is 307 g/mol. The molecule has 116 valence electrons. The summed E-state index contributed by atoms with van der Waals surface area (Å²) in [7, 11) is 0. The Balaban J connectivity index is 1.60. The number of benzene rings is 2. The molecule has 0 saturated carbocycles. The van der Waals surface area contributed by atoms with Crippen LogP contribution in [0.5, 0.6) is 0 Å². The van der Waals surface area contributed by atoms with Crippen LogP contribution in [0, 0.1) is 11.8 Å². The lowest BCUT2D eigenvalue weighted by Crippen LogP contribution is -2.39. The molecule has 3 aliphatic rings. The van der Waals surface area contributed by atoms with Crippen LogP contribution in [0.4, 0.5) is 5.69 Å². The van der Waals surface area contributed by atoms with E-state index in [2.05, 4.69) is 0 Å². The first-order valence-corrected chi connectivity index (χ1v) is 8.13. The van der Waals surface area contributed by atoms with Crippen LogP contribution in [-0.2, 0) is 14.3 Å². The van der Waals surface area contributed by atoms with Crippen molar-refractivity contribution in [2.75, 3.05) is 4.90 Å². The average molecular weight is 307 g/mol. The van der Waals surface area contributed by atoms with Crippen molar-refractivity contribution in [1.29, 1.82) is 0 Å². The molecule has 3 saturated heterocycles. The predicted molar refractivity (Wildman–Crippen MR) is 85.9 cm³/mol. The first kappa shape index (κ1) is 13.3. The lowest BCUT2D eigenvalue weighted by atomic mass is 9.74. The zero-order valence-electron chi connectivity index (χ0n) is 12.9. The van der Waals surface area contributed by atoms with Gasteiger partial charge in [-0.05, 0) is 42.7 Å². The third-order valence-corrected chi connectivity index (χ3v) is 5.75. The van der Waals surface area contributed by atoms with Gasteiger partial charge in [-0.2, -0.15) is 0 Å². The molecule has 4 unspecified atom stereocenters. The van der Waals surface area contributed by atoms with Crippen molar-refractivity contribution >= 4 is 28.3 Å². The molecule has 0 aliphatic carbocycles. The highest BCUT2D eigenvalue weighted by Gasteiger charge is 2.67. The number of imide groups is 1. The van der Waals surface area contributed by atoms with Crippen LogP contribution in [0.15, 0.2) is 42.5 Å². The Morgan fingerprint density at radius 2 is 1.87 bits per heavy atom. The summed E-state index contributed by atoms with van der Waals surface area (Å²) in [4.78, 5) is 27.2. The standard InChI is InChI=1S/C19H17NO3/c1-19-9-8-14(23-19)15-16(19)18(22)20(17(15)21)13-7-6-11-4-2-3-5-12(11)10-13/h2-7,10,14-16H,8-9H2,1H3. The first-order valence-electron chi connectivity index (χ1n) is 8.13. The molecule has 3 heterocycles. The third kappa shape index (κ3) is 1.59. The molecule has 0 spiro atoms. The summed E-state index contributed by atoms with van der Waals surface area (Å²) < 4.78 is 5.95. The third-order valence-electron chi connectivity index (χ3n) is 5.75. The number of hydrogen-bond acceptors (Lipinski definition) is 3. The summed E-state index contributed by atoms with van der Waals surface area (Å²) in [6.45, 7) is 1.98. The van der Waals surface area contributed by atoms with Gasteiger partial charge >= 0.3 is 0 Å². The Kier molecular flexibility index (Phi) is 2.42. The highest BCUT2D eigenvalue weighted by molar-refractivity contribution is 6.23. The molecular formula is C19H17NO3. The highest BCUT2D eigenvalue weighted by Crippen LogP contribution is 2.55. The van der Waals surface area contributed by atoms with E-state index >= 15 is 0 Å². The number of fused-ring (bicyclic) bond motifs is 6. The molecule has 4 nitrogen and oxygen atoms in total. The number of carbonyl (C=O) groups is 2. The van der Waals surface area contributed by atoms with E-state index in [4.69, 9.17) is 4.74 Å². The van der Waals surface area contributed by atoms with Crippen LogP contribution in [0.1, 0.15) is 19.8 Å². The summed E-state index contributed by atoms with van der Waals surface area (Å²) in [5.74, 6) is -0.809. The molecule has 0 N–H and O–H groups in total. The number of carbonyl (C=O) groups excluding carboxylic acids is 2. The molecule has 3 aliphatic heterocycles. The average Bonchev–Trinajstić information content (AvgIpc) is 3.16. The van der Waals surface area contributed by atoms with Crippen molar-refractivity contribution in [3.05, 3.63) is 42.5 Å². The number of amides is 2. The van der Waals surface area contributed by atoms with Gasteiger partial charge in [0, 0.05) is 0 Å². The number of rotatable bonds is 1. The van der Waals surface area contributed by atoms with Crippen LogP contribution in [-0.4, -0.2) is 23.5 Å². The largest absolute Gasteiger partial charge is 0.370 e. The Labute approximate surface area is 134 Å². The van der Waals surface area contributed by atoms with Gasteiger partial charge in [-0.1, -0.05) is 30.3 Å². The Morgan fingerprint density at radius 3 is 2.65 bits per heavy atom. The van der Waals surface area contributed by atoms with Gasteiger partial charge in [-0.15, -0.1) is 0 Å². The number of anilines is 1. The molecule has 5 rings (SSSR count). The maximum absolute atomic E-state index is 13.0. The number of nitrogens with zero attached hydrogens (tertiary/aromatic N) is 1. The SMILES string of the molecule is CC12CCC(O1)C1C(=O)N(c3ccc4ccccc4c3)C(=O)C12. The molecular weight excluding hydrogens is 290 g/mol. The number of ether oxygens (including phenoxy) is 1. The second-order valence-corrected chi connectivity index (χ2v) is 7.05. The van der Waals surface area contributed by atoms with Gasteiger partial charge in [-0.3, -0.25) is 9.59 Å². The first-order chi connectivity index (χ1) is 11.1. The van der Waals surface area contributed by atoms with Gasteiger partial charge in [-0.25, -0.2) is 4.90 Å². The summed E-state index contributed by atoms with van der Waals surface area (Å²) in [6.07, 6.45) is 1.65. The fourth-order valence-electron chi connectivity index (χ4n) is 4.65. The minimum atomic E-state index is -0.465. The summed E-state index contributed by atoms with van der Waals surface area (Å²) >= 11 is 0. The predicted octanol–water partition coefficient (Wildman–Crippen LogP) is 2.90. The van der Waals surface area contributed by atoms with Gasteiger partial charge in [0.15, 0.2) is 0 Å². The maximum Gasteiger partial charge on any atom is 0.240 e. The van der Waals surface area contributed by atoms with Gasteiger partial charge in [0.25, 0.3) is 0 Å². The van der Waals surface area contributed by atoms with E-state index in [1.807, 2.05) is 49.4 Å². The molecule has 2 aromatic rings. The molecule has 2 amide bonds. The van der Waals surface area contributed by atoms with Crippen LogP contribution < -0.4 is 4.90 Å². The highest BCUT2D eigenvalue weighted by atomic mass is 16.5. The Morgan fingerprint density at radius 1 is 1.09 bits per heavy atom. The van der Waals surface area contributed by atoms with Gasteiger partial charge in [0.05, 0.1) is 29.2 Å². The van der Waals surface area contributed by atoms with Crippen molar-refractivity contribution in [2.45, 2.75) is 31.5 Å². The molecule has 2 aromatic carbocycles. The van der Waals surface area contributed by atoms with Gasteiger partial charge in [0.2, 0.25) is 11.8 Å². The molecule has 0 aromatic heterocycles. The Hall–Kier alpha value is -2.20. The smallest absolute Gasteiger partial charge is 0.240 e. The second-order valence-electron chi connectivity index (χ2n) is 7.05. The van der Waals surface area contributed by atoms with E-state index in [0.717, 1.165) is 23.6 Å². The summed E-state index contributed by atoms with van der Waals surface area (Å²) in [5, 5.41) is 2.14. The van der Waals surface area contributed by atoms with Crippen LogP contribution in [0.3, 0.4) is 0 Å². The van der Waals surface area contributed by atoms with Gasteiger partial charge in [0.1, 0.15) is 0 Å². The minimum Gasteiger partial charge on any atom is -0.370 e. The summed E-state index contributed by atoms with van der Waals surface area (Å²) in [5.41, 5.74) is 0.212. The van der Waals surface area contributed by atoms with Crippen molar-refractivity contribution in [3.8, 4) is 0 Å². The van der Waals surface area contributed by atoms with E-state index in [0.29, 0.717) is 5.69 Å². The zero-order chi connectivity index (χ0) is 15.8. The number of hydrogen-bond donors (Lipinski definition) is 0. The van der Waals surface area contributed by atoms with Crippen LogP contribution in [0.2, 0.25) is 0 Å². The van der Waals surface area contributed by atoms with E-state index in [1.165, 1.54) is 4.90 Å². The Bertz CT molecular complexity index is 861. The second kappa shape index (κ2) is 4.20. The van der Waals surface area contributed by atoms with Crippen LogP contribution >= 0.6 is 0 Å². The summed E-state index contributed by atoms with van der Waals surface area (Å²) in [6, 6.07) is 13.7. The lowest BCUT2D eigenvalue weighted by Gasteiger charge is -2.26. The minimum absolute atomic E-state index is 0.0908. The molecule has 3 fully saturated rings. The fourth-order valence-corrected chi connectivity index (χ4v) is 4.65. The normalized spacial score (nSPS) is 35.3. The topological polar surface area (TPSA) is 46.6 Å². The molecule has 23 heavy (non-hydrogen) atoms. The quantitative estimate of drug-likeness (QED) is 0.761. The van der Waals surface area contributed by atoms with Crippen molar-refractivity contribution in [2.24, 2.45) is 11.8 Å². The molecule has 4 atom stereocenters. The van der Waals surface area contributed by atoms with Crippen LogP contribution in [0.25, 0.3) is 10.8 Å². The van der Waals surface area contributed by atoms with E-state index < -0.39 is 5.60 Å². The molecule has 0 radical (unpaired) electrons. The lowest BCUT2D eigenvalue weighted by molar-refractivity contribution is -0.126. The van der Waals surface area contributed by atoms with E-state index in [9.17, 15) is 9.59 Å². The van der Waals surface area contributed by atoms with Crippen molar-refractivity contribution < 1.29 is 14.3 Å². The van der Waals surface area contributed by atoms with Crippen molar-refractivity contribution in [3.63, 3.8) is 0 Å². The maximum atomic E-state index is 13.0. The molecule has 2 bridgehead atoms. The zero-order valence-corrected chi connectivity index (χ0v) is 12.9. The van der Waals surface area contributed by atoms with Gasteiger partial charge < -0.3 is 4.74 Å². The fraction of sp³-hybridized carbons (Fsp3) is 0.368. The molecule has 4 heteroatoms.